The van der Waals surface area contributed by atoms with Gasteiger partial charge in [-0.05, 0) is 25.0 Å². The number of amides is 1. The summed E-state index contributed by atoms with van der Waals surface area (Å²) in [4.78, 5) is 21.4. The topological polar surface area (TPSA) is 107 Å². The second-order valence-corrected chi connectivity index (χ2v) is 4.19. The molecule has 1 aromatic carbocycles. The number of ether oxygens (including phenoxy) is 1. The van der Waals surface area contributed by atoms with E-state index in [-0.39, 0.29) is 17.8 Å². The van der Waals surface area contributed by atoms with Crippen LogP contribution in [-0.4, -0.2) is 23.2 Å². The highest BCUT2D eigenvalue weighted by atomic mass is 16.6. The minimum Gasteiger partial charge on any atom is -0.446 e. The molecule has 1 amide bonds. The van der Waals surface area contributed by atoms with Crippen LogP contribution in [0.25, 0.3) is 0 Å². The van der Waals surface area contributed by atoms with E-state index in [1.54, 1.807) is 0 Å². The van der Waals surface area contributed by atoms with Crippen molar-refractivity contribution in [1.82, 2.24) is 0 Å². The van der Waals surface area contributed by atoms with Crippen LogP contribution >= 0.6 is 0 Å². The number of benzene rings is 1. The summed E-state index contributed by atoms with van der Waals surface area (Å²) in [6, 6.07) is 5.64. The second kappa shape index (κ2) is 5.01. The summed E-state index contributed by atoms with van der Waals surface area (Å²) in [5, 5.41) is 12.9. The van der Waals surface area contributed by atoms with Gasteiger partial charge in [0.05, 0.1) is 4.92 Å². The van der Waals surface area contributed by atoms with Crippen molar-refractivity contribution < 1.29 is 14.5 Å². The van der Waals surface area contributed by atoms with Gasteiger partial charge in [0.1, 0.15) is 6.10 Å². The van der Waals surface area contributed by atoms with Crippen molar-refractivity contribution in [2.45, 2.75) is 25.0 Å². The molecule has 2 rings (SSSR count). The number of nitro benzene ring substituents is 1. The molecule has 3 N–H and O–H groups in total. The number of non-ortho nitro benzene ring substituents is 1. The molecule has 0 saturated heterocycles. The smallest absolute Gasteiger partial charge is 0.411 e. The Morgan fingerprint density at radius 2 is 2.00 bits per heavy atom. The van der Waals surface area contributed by atoms with E-state index < -0.39 is 11.0 Å². The summed E-state index contributed by atoms with van der Waals surface area (Å²) in [6.07, 6.45) is 0.653. The van der Waals surface area contributed by atoms with Gasteiger partial charge in [-0.25, -0.2) is 4.79 Å². The first-order valence-electron chi connectivity index (χ1n) is 5.52. The largest absolute Gasteiger partial charge is 0.446 e. The molecule has 1 aromatic rings. The summed E-state index contributed by atoms with van der Waals surface area (Å²) in [7, 11) is 0. The number of carbonyl (C=O) groups is 1. The Morgan fingerprint density at radius 3 is 2.50 bits per heavy atom. The molecule has 1 aliphatic carbocycles. The van der Waals surface area contributed by atoms with Crippen LogP contribution < -0.4 is 11.1 Å². The van der Waals surface area contributed by atoms with E-state index in [0.717, 1.165) is 0 Å². The molecule has 7 nitrogen and oxygen atoms in total. The molecule has 1 saturated carbocycles. The van der Waals surface area contributed by atoms with Crippen LogP contribution in [0, 0.1) is 10.1 Å². The Bertz CT molecular complexity index is 454. The highest BCUT2D eigenvalue weighted by Crippen LogP contribution is 2.22. The van der Waals surface area contributed by atoms with Crippen molar-refractivity contribution >= 4 is 17.5 Å². The summed E-state index contributed by atoms with van der Waals surface area (Å²) >= 11 is 0. The molecular formula is C11H13N3O4. The summed E-state index contributed by atoms with van der Waals surface area (Å²) in [5.41, 5.74) is 5.99. The van der Waals surface area contributed by atoms with Gasteiger partial charge in [0.2, 0.25) is 0 Å². The zero-order chi connectivity index (χ0) is 13.1. The Balaban J connectivity index is 1.85. The first-order valence-corrected chi connectivity index (χ1v) is 5.52. The van der Waals surface area contributed by atoms with Gasteiger partial charge in [0.25, 0.3) is 5.69 Å². The third-order valence-electron chi connectivity index (χ3n) is 2.73. The molecule has 0 atom stereocenters. The Hall–Kier alpha value is -2.15. The predicted molar refractivity (Wildman–Crippen MR) is 64.2 cm³/mol. The number of nitrogens with zero attached hydrogens (tertiary/aromatic N) is 1. The normalized spacial score (nSPS) is 21.8. The van der Waals surface area contributed by atoms with Crippen LogP contribution in [0.15, 0.2) is 24.3 Å². The van der Waals surface area contributed by atoms with Crippen LogP contribution in [0.5, 0.6) is 0 Å². The minimum atomic E-state index is -0.569. The average molecular weight is 251 g/mol. The molecule has 0 radical (unpaired) electrons. The number of nitrogens with two attached hydrogens (primary N) is 1. The molecule has 96 valence electrons. The summed E-state index contributed by atoms with van der Waals surface area (Å²) < 4.78 is 5.07. The van der Waals surface area contributed by atoms with E-state index in [9.17, 15) is 14.9 Å². The lowest BCUT2D eigenvalue weighted by Gasteiger charge is -2.31. The SMILES string of the molecule is NC1CC(OC(=O)Nc2ccc([N+](=O)[O-])cc2)C1. The van der Waals surface area contributed by atoms with Crippen molar-refractivity contribution in [3.8, 4) is 0 Å². The first kappa shape index (κ1) is 12.3. The summed E-state index contributed by atoms with van der Waals surface area (Å²) in [6.45, 7) is 0. The third kappa shape index (κ3) is 2.95. The van der Waals surface area contributed by atoms with Crippen molar-refractivity contribution in [2.24, 2.45) is 5.73 Å². The minimum absolute atomic E-state index is 0.0288. The fraction of sp³-hybridized carbons (Fsp3) is 0.364. The molecular weight excluding hydrogens is 238 g/mol. The molecule has 7 heteroatoms. The van der Waals surface area contributed by atoms with Crippen molar-refractivity contribution in [3.05, 3.63) is 34.4 Å². The summed E-state index contributed by atoms with van der Waals surface area (Å²) in [5.74, 6) is 0. The molecule has 0 aromatic heterocycles. The van der Waals surface area contributed by atoms with Crippen molar-refractivity contribution in [1.29, 1.82) is 0 Å². The molecule has 0 spiro atoms. The monoisotopic (exact) mass is 251 g/mol. The number of hydrogen-bond acceptors (Lipinski definition) is 5. The van der Waals surface area contributed by atoms with E-state index in [0.29, 0.717) is 18.5 Å². The highest BCUT2D eigenvalue weighted by molar-refractivity contribution is 5.84. The van der Waals surface area contributed by atoms with Crippen LogP contribution in [0.1, 0.15) is 12.8 Å². The van der Waals surface area contributed by atoms with Gasteiger partial charge in [0, 0.05) is 23.9 Å². The lowest BCUT2D eigenvalue weighted by molar-refractivity contribution is -0.384. The van der Waals surface area contributed by atoms with Gasteiger partial charge in [-0.3, -0.25) is 15.4 Å². The lowest BCUT2D eigenvalue weighted by atomic mass is 9.90. The van der Waals surface area contributed by atoms with Gasteiger partial charge < -0.3 is 10.5 Å². The van der Waals surface area contributed by atoms with Crippen LogP contribution in [0.3, 0.4) is 0 Å². The zero-order valence-electron chi connectivity index (χ0n) is 9.54. The van der Waals surface area contributed by atoms with E-state index in [1.807, 2.05) is 0 Å². The zero-order valence-corrected chi connectivity index (χ0v) is 9.54. The van der Waals surface area contributed by atoms with Gasteiger partial charge in [-0.2, -0.15) is 0 Å². The van der Waals surface area contributed by atoms with E-state index in [2.05, 4.69) is 5.32 Å². The maximum absolute atomic E-state index is 11.4. The highest BCUT2D eigenvalue weighted by Gasteiger charge is 2.29. The van der Waals surface area contributed by atoms with E-state index >= 15 is 0 Å². The Kier molecular flexibility index (Phi) is 3.42. The number of carbonyl (C=O) groups excluding carboxylic acids is 1. The van der Waals surface area contributed by atoms with Crippen LogP contribution in [0.4, 0.5) is 16.2 Å². The van der Waals surface area contributed by atoms with Crippen molar-refractivity contribution in [3.63, 3.8) is 0 Å². The van der Waals surface area contributed by atoms with Gasteiger partial charge in [-0.1, -0.05) is 0 Å². The Labute approximate surface area is 103 Å². The number of anilines is 1. The van der Waals surface area contributed by atoms with Gasteiger partial charge >= 0.3 is 6.09 Å². The van der Waals surface area contributed by atoms with Gasteiger partial charge in [0.15, 0.2) is 0 Å². The molecule has 0 aliphatic heterocycles. The van der Waals surface area contributed by atoms with Crippen LogP contribution in [-0.2, 0) is 4.74 Å². The fourth-order valence-electron chi connectivity index (χ4n) is 1.67. The quantitative estimate of drug-likeness (QED) is 0.627. The predicted octanol–water partition coefficient (Wildman–Crippen LogP) is 1.63. The van der Waals surface area contributed by atoms with Gasteiger partial charge in [-0.15, -0.1) is 0 Å². The average Bonchev–Trinajstić information content (AvgIpc) is 2.27. The molecule has 0 bridgehead atoms. The Morgan fingerprint density at radius 1 is 1.39 bits per heavy atom. The standard InChI is InChI=1S/C11H13N3O4/c12-7-5-10(6-7)18-11(15)13-8-1-3-9(4-2-8)14(16)17/h1-4,7,10H,5-6,12H2,(H,13,15). The number of nitrogens with one attached hydrogen (secondary N) is 1. The number of nitro groups is 1. The number of hydrogen-bond donors (Lipinski definition) is 2. The maximum Gasteiger partial charge on any atom is 0.411 e. The third-order valence-corrected chi connectivity index (χ3v) is 2.73. The van der Waals surface area contributed by atoms with E-state index in [1.165, 1.54) is 24.3 Å². The molecule has 0 heterocycles. The lowest BCUT2D eigenvalue weighted by Crippen LogP contribution is -2.43. The first-order chi connectivity index (χ1) is 8.54. The second-order valence-electron chi connectivity index (χ2n) is 4.19. The van der Waals surface area contributed by atoms with E-state index in [4.69, 9.17) is 10.5 Å². The van der Waals surface area contributed by atoms with Crippen molar-refractivity contribution in [2.75, 3.05) is 5.32 Å². The molecule has 0 unspecified atom stereocenters. The fourth-order valence-corrected chi connectivity index (χ4v) is 1.67. The number of rotatable bonds is 3. The van der Waals surface area contributed by atoms with Crippen LogP contribution in [0.2, 0.25) is 0 Å². The molecule has 18 heavy (non-hydrogen) atoms. The molecule has 1 aliphatic rings. The molecule has 1 fully saturated rings. The maximum atomic E-state index is 11.4.